The van der Waals surface area contributed by atoms with Crippen molar-refractivity contribution in [1.29, 1.82) is 0 Å². The summed E-state index contributed by atoms with van der Waals surface area (Å²) in [5.74, 6) is 0.0168. The number of hydrogen-bond acceptors (Lipinski definition) is 4. The number of alkyl halides is 3. The van der Waals surface area contributed by atoms with Crippen molar-refractivity contribution < 1.29 is 13.2 Å². The molecule has 8 heteroatoms. The molecule has 0 unspecified atom stereocenters. The number of benzene rings is 3. The number of nitrogen functional groups attached to an aromatic ring is 1. The van der Waals surface area contributed by atoms with E-state index >= 15 is 0 Å². The number of nitrogens with two attached hydrogens (primary N) is 1. The maximum absolute atomic E-state index is 13.5. The fourth-order valence-electron chi connectivity index (χ4n) is 3.70. The molecule has 32 heavy (non-hydrogen) atoms. The van der Waals surface area contributed by atoms with E-state index in [1.165, 1.54) is 18.2 Å². The topological polar surface area (TPSA) is 80.5 Å². The van der Waals surface area contributed by atoms with E-state index in [1.54, 1.807) is 12.1 Å². The zero-order valence-corrected chi connectivity index (χ0v) is 16.6. The lowest BCUT2D eigenvalue weighted by molar-refractivity contribution is -0.137. The smallest absolute Gasteiger partial charge is 0.383 e. The van der Waals surface area contributed by atoms with Gasteiger partial charge in [0, 0.05) is 16.7 Å². The molecule has 0 fully saturated rings. The van der Waals surface area contributed by atoms with E-state index in [0.29, 0.717) is 22.2 Å². The number of aromatic amines is 1. The van der Waals surface area contributed by atoms with Crippen molar-refractivity contribution in [3.63, 3.8) is 0 Å². The van der Waals surface area contributed by atoms with Crippen molar-refractivity contribution in [3.8, 4) is 33.9 Å². The van der Waals surface area contributed by atoms with E-state index in [9.17, 15) is 13.2 Å². The van der Waals surface area contributed by atoms with Crippen molar-refractivity contribution in [2.24, 2.45) is 0 Å². The molecule has 0 saturated heterocycles. The van der Waals surface area contributed by atoms with Crippen LogP contribution >= 0.6 is 0 Å². The first-order valence-corrected chi connectivity index (χ1v) is 9.76. The van der Waals surface area contributed by atoms with E-state index in [-0.39, 0.29) is 17.2 Å². The first kappa shape index (κ1) is 19.7. The molecule has 2 aromatic heterocycles. The molecule has 0 saturated carbocycles. The summed E-state index contributed by atoms with van der Waals surface area (Å²) in [5.41, 5.74) is 8.88. The molecule has 0 aliphatic carbocycles. The van der Waals surface area contributed by atoms with Crippen LogP contribution in [0.1, 0.15) is 5.56 Å². The molecule has 0 aliphatic heterocycles. The van der Waals surface area contributed by atoms with E-state index in [0.717, 1.165) is 17.3 Å². The maximum Gasteiger partial charge on any atom is 0.417 e. The van der Waals surface area contributed by atoms with Gasteiger partial charge in [-0.25, -0.2) is 9.97 Å². The number of H-pyrrole nitrogens is 1. The molecule has 0 atom stereocenters. The summed E-state index contributed by atoms with van der Waals surface area (Å²) in [4.78, 5) is 8.64. The fourth-order valence-corrected chi connectivity index (χ4v) is 3.70. The Bertz CT molecular complexity index is 1430. The average molecular weight is 431 g/mol. The normalized spacial score (nSPS) is 11.7. The molecule has 3 N–H and O–H groups in total. The molecule has 5 aromatic rings. The second-order valence-corrected chi connectivity index (χ2v) is 7.21. The molecular weight excluding hydrogens is 415 g/mol. The predicted octanol–water partition coefficient (Wildman–Crippen LogP) is 5.95. The monoisotopic (exact) mass is 431 g/mol. The number of aromatic nitrogens is 4. The van der Waals surface area contributed by atoms with Crippen LogP contribution in [0.2, 0.25) is 0 Å². The van der Waals surface area contributed by atoms with Crippen LogP contribution in [0.25, 0.3) is 44.8 Å². The van der Waals surface area contributed by atoms with Gasteiger partial charge >= 0.3 is 6.18 Å². The average Bonchev–Trinajstić information content (AvgIpc) is 3.29. The number of anilines is 1. The maximum atomic E-state index is 13.5. The molecule has 0 amide bonds. The van der Waals surface area contributed by atoms with Crippen molar-refractivity contribution in [2.75, 3.05) is 5.73 Å². The summed E-state index contributed by atoms with van der Waals surface area (Å²) < 4.78 is 40.4. The molecule has 0 aliphatic rings. The number of nitrogens with zero attached hydrogens (tertiary/aromatic N) is 3. The van der Waals surface area contributed by atoms with Crippen LogP contribution in [0.4, 0.5) is 19.0 Å². The quantitative estimate of drug-likeness (QED) is 0.370. The number of halogens is 3. The van der Waals surface area contributed by atoms with Gasteiger partial charge in [0.25, 0.3) is 0 Å². The number of hydrogen-bond donors (Lipinski definition) is 2. The molecule has 5 rings (SSSR count). The first-order valence-electron chi connectivity index (χ1n) is 9.76. The lowest BCUT2D eigenvalue weighted by Gasteiger charge is -2.13. The molecule has 0 spiro atoms. The molecule has 3 aromatic carbocycles. The Kier molecular flexibility index (Phi) is 4.62. The zero-order chi connectivity index (χ0) is 22.3. The Labute approximate surface area is 180 Å². The summed E-state index contributed by atoms with van der Waals surface area (Å²) in [6, 6.07) is 22.1. The SMILES string of the molecule is Nc1nc(-c2ccccc2C(F)(F)F)nc2cccc(-c3cc(-c4ccccc4)n[nH]3)c12. The van der Waals surface area contributed by atoms with Crippen molar-refractivity contribution in [2.45, 2.75) is 6.18 Å². The van der Waals surface area contributed by atoms with Crippen molar-refractivity contribution in [1.82, 2.24) is 20.2 Å². The van der Waals surface area contributed by atoms with Gasteiger partial charge in [0.15, 0.2) is 5.82 Å². The highest BCUT2D eigenvalue weighted by molar-refractivity contribution is 6.01. The molecule has 2 heterocycles. The van der Waals surface area contributed by atoms with Gasteiger partial charge < -0.3 is 5.73 Å². The fraction of sp³-hybridized carbons (Fsp3) is 0.0417. The third-order valence-electron chi connectivity index (χ3n) is 5.16. The number of rotatable bonds is 3. The Morgan fingerprint density at radius 1 is 0.781 bits per heavy atom. The van der Waals surface area contributed by atoms with Crippen LogP contribution in [0.5, 0.6) is 0 Å². The first-order chi connectivity index (χ1) is 15.4. The largest absolute Gasteiger partial charge is 0.417 e. The minimum atomic E-state index is -4.53. The van der Waals surface area contributed by atoms with Gasteiger partial charge in [-0.2, -0.15) is 18.3 Å². The van der Waals surface area contributed by atoms with Gasteiger partial charge in [-0.3, -0.25) is 5.10 Å². The van der Waals surface area contributed by atoms with Crippen LogP contribution in [0, 0.1) is 0 Å². The summed E-state index contributed by atoms with van der Waals surface area (Å²) in [6.07, 6.45) is -4.53. The van der Waals surface area contributed by atoms with Crippen LogP contribution in [0.15, 0.2) is 78.9 Å². The zero-order valence-electron chi connectivity index (χ0n) is 16.6. The minimum Gasteiger partial charge on any atom is -0.383 e. The number of nitrogens with one attached hydrogen (secondary N) is 1. The molecule has 0 radical (unpaired) electrons. The summed E-state index contributed by atoms with van der Waals surface area (Å²) in [5, 5.41) is 7.92. The van der Waals surface area contributed by atoms with Crippen LogP contribution < -0.4 is 5.73 Å². The van der Waals surface area contributed by atoms with Crippen LogP contribution in [-0.2, 0) is 6.18 Å². The Hall–Kier alpha value is -4.20. The number of fused-ring (bicyclic) bond motifs is 1. The lowest BCUT2D eigenvalue weighted by Crippen LogP contribution is -2.08. The van der Waals surface area contributed by atoms with E-state index in [2.05, 4.69) is 20.2 Å². The highest BCUT2D eigenvalue weighted by atomic mass is 19.4. The minimum absolute atomic E-state index is 0.0744. The summed E-state index contributed by atoms with van der Waals surface area (Å²) >= 11 is 0. The van der Waals surface area contributed by atoms with Gasteiger partial charge in [0.1, 0.15) is 5.82 Å². The summed E-state index contributed by atoms with van der Waals surface area (Å²) in [6.45, 7) is 0. The molecule has 158 valence electrons. The van der Waals surface area contributed by atoms with Gasteiger partial charge in [0.05, 0.1) is 27.9 Å². The highest BCUT2D eigenvalue weighted by Crippen LogP contribution is 2.38. The van der Waals surface area contributed by atoms with E-state index < -0.39 is 11.7 Å². The van der Waals surface area contributed by atoms with Crippen molar-refractivity contribution in [3.05, 3.63) is 84.4 Å². The molecular formula is C24H16F3N5. The predicted molar refractivity (Wildman–Crippen MR) is 117 cm³/mol. The Morgan fingerprint density at radius 3 is 2.28 bits per heavy atom. The van der Waals surface area contributed by atoms with E-state index in [1.807, 2.05) is 42.5 Å². The van der Waals surface area contributed by atoms with Gasteiger partial charge in [-0.05, 0) is 18.2 Å². The van der Waals surface area contributed by atoms with Gasteiger partial charge in [-0.15, -0.1) is 0 Å². The van der Waals surface area contributed by atoms with Gasteiger partial charge in [-0.1, -0.05) is 60.7 Å². The van der Waals surface area contributed by atoms with Crippen LogP contribution in [-0.4, -0.2) is 20.2 Å². The van der Waals surface area contributed by atoms with Crippen LogP contribution in [0.3, 0.4) is 0 Å². The second kappa shape index (κ2) is 7.49. The third kappa shape index (κ3) is 3.45. The third-order valence-corrected chi connectivity index (χ3v) is 5.16. The van der Waals surface area contributed by atoms with Gasteiger partial charge in [0.2, 0.25) is 0 Å². The van der Waals surface area contributed by atoms with Crippen molar-refractivity contribution >= 4 is 16.7 Å². The molecule has 5 nitrogen and oxygen atoms in total. The lowest BCUT2D eigenvalue weighted by atomic mass is 10.0. The second-order valence-electron chi connectivity index (χ2n) is 7.21. The standard InChI is InChI=1S/C24H16F3N5/c25-24(26,27)17-11-5-4-9-15(17)23-29-18-12-6-10-16(21(18)22(28)30-23)20-13-19(31-32-20)14-7-2-1-3-8-14/h1-13H,(H,31,32)(H2,28,29,30). The Balaban J connectivity index is 1.65. The summed E-state index contributed by atoms with van der Waals surface area (Å²) in [7, 11) is 0. The van der Waals surface area contributed by atoms with E-state index in [4.69, 9.17) is 5.73 Å². The highest BCUT2D eigenvalue weighted by Gasteiger charge is 2.34. The Morgan fingerprint density at radius 2 is 1.50 bits per heavy atom. The molecule has 0 bridgehead atoms.